The van der Waals surface area contributed by atoms with E-state index in [1.165, 1.54) is 0 Å². The van der Waals surface area contributed by atoms with Crippen LogP contribution in [0.3, 0.4) is 0 Å². The molecule has 0 aliphatic rings. The number of aliphatic hydroxyl groups is 1. The molecule has 0 fully saturated rings. The van der Waals surface area contributed by atoms with E-state index in [-0.39, 0.29) is 12.5 Å². The van der Waals surface area contributed by atoms with Gasteiger partial charge in [-0.1, -0.05) is 13.8 Å². The third-order valence-electron chi connectivity index (χ3n) is 2.12. The average molecular weight is 222 g/mol. The lowest BCUT2D eigenvalue weighted by atomic mass is 10.1. The highest BCUT2D eigenvalue weighted by molar-refractivity contribution is 5.94. The topological polar surface area (TPSA) is 62.2 Å². The SMILES string of the molecule is CC(C)CNC(=O)c1ccnc(CCO)c1. The molecule has 0 atom stereocenters. The van der Waals surface area contributed by atoms with Crippen LogP contribution in [0.25, 0.3) is 0 Å². The smallest absolute Gasteiger partial charge is 0.251 e. The largest absolute Gasteiger partial charge is 0.396 e. The van der Waals surface area contributed by atoms with Crippen molar-refractivity contribution in [1.29, 1.82) is 0 Å². The first-order valence-corrected chi connectivity index (χ1v) is 5.47. The van der Waals surface area contributed by atoms with Crippen molar-refractivity contribution in [2.75, 3.05) is 13.2 Å². The monoisotopic (exact) mass is 222 g/mol. The third kappa shape index (κ3) is 3.98. The predicted octanol–water partition coefficient (Wildman–Crippen LogP) is 1.00. The Labute approximate surface area is 95.7 Å². The van der Waals surface area contributed by atoms with Gasteiger partial charge in [-0.15, -0.1) is 0 Å². The van der Waals surface area contributed by atoms with Crippen molar-refractivity contribution < 1.29 is 9.90 Å². The van der Waals surface area contributed by atoms with Gasteiger partial charge < -0.3 is 10.4 Å². The standard InChI is InChI=1S/C12H18N2O2/c1-9(2)8-14-12(16)10-3-5-13-11(7-10)4-6-15/h3,5,7,9,15H,4,6,8H2,1-2H3,(H,14,16). The Kier molecular flexibility index (Phi) is 4.92. The highest BCUT2D eigenvalue weighted by Crippen LogP contribution is 2.03. The van der Waals surface area contributed by atoms with Gasteiger partial charge in [-0.2, -0.15) is 0 Å². The van der Waals surface area contributed by atoms with Gasteiger partial charge in [-0.05, 0) is 18.1 Å². The number of pyridine rings is 1. The molecule has 0 saturated heterocycles. The quantitative estimate of drug-likeness (QED) is 0.781. The molecule has 0 radical (unpaired) electrons. The number of hydrogen-bond donors (Lipinski definition) is 2. The minimum atomic E-state index is -0.0877. The van der Waals surface area contributed by atoms with E-state index in [0.717, 1.165) is 5.69 Å². The number of hydrogen-bond acceptors (Lipinski definition) is 3. The molecular weight excluding hydrogens is 204 g/mol. The van der Waals surface area contributed by atoms with Crippen molar-refractivity contribution in [2.24, 2.45) is 5.92 Å². The second-order valence-electron chi connectivity index (χ2n) is 4.11. The fourth-order valence-corrected chi connectivity index (χ4v) is 1.27. The maximum absolute atomic E-state index is 11.7. The molecule has 1 aromatic rings. The van der Waals surface area contributed by atoms with Crippen LogP contribution in [0.4, 0.5) is 0 Å². The van der Waals surface area contributed by atoms with Gasteiger partial charge in [0.15, 0.2) is 0 Å². The number of carbonyl (C=O) groups is 1. The molecule has 0 aromatic carbocycles. The second kappa shape index (κ2) is 6.23. The minimum absolute atomic E-state index is 0.0457. The first kappa shape index (κ1) is 12.6. The molecule has 88 valence electrons. The van der Waals surface area contributed by atoms with E-state index in [4.69, 9.17) is 5.11 Å². The van der Waals surface area contributed by atoms with Crippen molar-refractivity contribution in [3.05, 3.63) is 29.6 Å². The van der Waals surface area contributed by atoms with Crippen LogP contribution in [0.1, 0.15) is 29.9 Å². The Hall–Kier alpha value is -1.42. The molecule has 2 N–H and O–H groups in total. The van der Waals surface area contributed by atoms with Gasteiger partial charge in [0.25, 0.3) is 5.91 Å². The van der Waals surface area contributed by atoms with Gasteiger partial charge in [-0.3, -0.25) is 9.78 Å². The molecule has 4 heteroatoms. The Bertz CT molecular complexity index is 351. The summed E-state index contributed by atoms with van der Waals surface area (Å²) in [6, 6.07) is 3.39. The number of amides is 1. The summed E-state index contributed by atoms with van der Waals surface area (Å²) in [5, 5.41) is 11.6. The summed E-state index contributed by atoms with van der Waals surface area (Å²) in [7, 11) is 0. The van der Waals surface area contributed by atoms with Crippen LogP contribution in [0, 0.1) is 5.92 Å². The average Bonchev–Trinajstić information content (AvgIpc) is 2.26. The lowest BCUT2D eigenvalue weighted by Crippen LogP contribution is -2.27. The molecule has 0 aliphatic carbocycles. The molecule has 0 spiro atoms. The first-order valence-electron chi connectivity index (χ1n) is 5.47. The first-order chi connectivity index (χ1) is 7.63. The van der Waals surface area contributed by atoms with Crippen LogP contribution in [0.2, 0.25) is 0 Å². The minimum Gasteiger partial charge on any atom is -0.396 e. The highest BCUT2D eigenvalue weighted by Gasteiger charge is 2.06. The summed E-state index contributed by atoms with van der Waals surface area (Å²) in [5.74, 6) is 0.345. The Morgan fingerprint density at radius 1 is 1.56 bits per heavy atom. The highest BCUT2D eigenvalue weighted by atomic mass is 16.3. The van der Waals surface area contributed by atoms with Crippen molar-refractivity contribution in [1.82, 2.24) is 10.3 Å². The summed E-state index contributed by atoms with van der Waals surface area (Å²) in [6.07, 6.45) is 2.07. The van der Waals surface area contributed by atoms with Gasteiger partial charge in [0.1, 0.15) is 0 Å². The summed E-state index contributed by atoms with van der Waals surface area (Å²) < 4.78 is 0. The third-order valence-corrected chi connectivity index (χ3v) is 2.12. The number of nitrogens with zero attached hydrogens (tertiary/aromatic N) is 1. The fraction of sp³-hybridized carbons (Fsp3) is 0.500. The number of aliphatic hydroxyl groups excluding tert-OH is 1. The van der Waals surface area contributed by atoms with Crippen LogP contribution in [-0.2, 0) is 6.42 Å². The van der Waals surface area contributed by atoms with Crippen LogP contribution < -0.4 is 5.32 Å². The molecular formula is C12H18N2O2. The lowest BCUT2D eigenvalue weighted by Gasteiger charge is -2.08. The van der Waals surface area contributed by atoms with Crippen molar-refractivity contribution in [2.45, 2.75) is 20.3 Å². The molecule has 1 heterocycles. The Morgan fingerprint density at radius 2 is 2.31 bits per heavy atom. The van der Waals surface area contributed by atoms with Gasteiger partial charge in [0, 0.05) is 37.0 Å². The van der Waals surface area contributed by atoms with Gasteiger partial charge in [0.05, 0.1) is 0 Å². The number of carbonyl (C=O) groups excluding carboxylic acids is 1. The van der Waals surface area contributed by atoms with E-state index in [0.29, 0.717) is 24.4 Å². The number of aromatic nitrogens is 1. The zero-order valence-corrected chi connectivity index (χ0v) is 9.73. The normalized spacial score (nSPS) is 10.5. The fourth-order valence-electron chi connectivity index (χ4n) is 1.27. The molecule has 0 unspecified atom stereocenters. The summed E-state index contributed by atoms with van der Waals surface area (Å²) in [5.41, 5.74) is 1.33. The Balaban J connectivity index is 2.64. The maximum Gasteiger partial charge on any atom is 0.251 e. The van der Waals surface area contributed by atoms with E-state index < -0.39 is 0 Å². The molecule has 1 rings (SSSR count). The van der Waals surface area contributed by atoms with Crippen molar-refractivity contribution in [3.8, 4) is 0 Å². The molecule has 4 nitrogen and oxygen atoms in total. The molecule has 0 bridgehead atoms. The zero-order chi connectivity index (χ0) is 12.0. The molecule has 1 amide bonds. The molecule has 16 heavy (non-hydrogen) atoms. The van der Waals surface area contributed by atoms with Gasteiger partial charge in [0.2, 0.25) is 0 Å². The van der Waals surface area contributed by atoms with E-state index >= 15 is 0 Å². The van der Waals surface area contributed by atoms with Crippen LogP contribution in [0.5, 0.6) is 0 Å². The molecule has 0 aliphatic heterocycles. The van der Waals surface area contributed by atoms with Crippen LogP contribution in [0.15, 0.2) is 18.3 Å². The lowest BCUT2D eigenvalue weighted by molar-refractivity contribution is 0.0948. The number of rotatable bonds is 5. The van der Waals surface area contributed by atoms with E-state index in [1.807, 2.05) is 13.8 Å². The second-order valence-corrected chi connectivity index (χ2v) is 4.11. The summed E-state index contributed by atoms with van der Waals surface area (Å²) >= 11 is 0. The maximum atomic E-state index is 11.7. The van der Waals surface area contributed by atoms with Crippen molar-refractivity contribution >= 4 is 5.91 Å². The van der Waals surface area contributed by atoms with E-state index in [1.54, 1.807) is 18.3 Å². The summed E-state index contributed by atoms with van der Waals surface area (Å²) in [4.78, 5) is 15.8. The molecule has 0 saturated carbocycles. The van der Waals surface area contributed by atoms with Gasteiger partial charge in [-0.25, -0.2) is 0 Å². The van der Waals surface area contributed by atoms with Crippen LogP contribution in [-0.4, -0.2) is 29.1 Å². The molecule has 1 aromatic heterocycles. The van der Waals surface area contributed by atoms with E-state index in [2.05, 4.69) is 10.3 Å². The van der Waals surface area contributed by atoms with Crippen molar-refractivity contribution in [3.63, 3.8) is 0 Å². The zero-order valence-electron chi connectivity index (χ0n) is 9.73. The van der Waals surface area contributed by atoms with E-state index in [9.17, 15) is 4.79 Å². The summed E-state index contributed by atoms with van der Waals surface area (Å²) in [6.45, 7) is 4.80. The Morgan fingerprint density at radius 3 is 2.94 bits per heavy atom. The van der Waals surface area contributed by atoms with Gasteiger partial charge >= 0.3 is 0 Å². The number of nitrogens with one attached hydrogen (secondary N) is 1. The van der Waals surface area contributed by atoms with Crippen LogP contribution >= 0.6 is 0 Å². The predicted molar refractivity (Wildman–Crippen MR) is 62.2 cm³/mol.